The quantitative estimate of drug-likeness (QED) is 0.725. The molecule has 6 nitrogen and oxygen atoms in total. The third kappa shape index (κ3) is 3.08. The minimum absolute atomic E-state index is 0.0248. The summed E-state index contributed by atoms with van der Waals surface area (Å²) >= 11 is 0. The predicted octanol–water partition coefficient (Wildman–Crippen LogP) is -0.619. The van der Waals surface area contributed by atoms with Crippen molar-refractivity contribution in [1.29, 1.82) is 0 Å². The SMILES string of the molecule is O=C([C@@H]1CNCCO1)N1CCO[C@@H]([C@@H]2CCCO2)C1. The maximum atomic E-state index is 12.4. The number of carbonyl (C=O) groups excluding carboxylic acids is 1. The van der Waals surface area contributed by atoms with Crippen LogP contribution in [0.15, 0.2) is 0 Å². The molecule has 0 aromatic rings. The zero-order chi connectivity index (χ0) is 13.1. The molecule has 3 atom stereocenters. The molecule has 3 fully saturated rings. The van der Waals surface area contributed by atoms with Crippen molar-refractivity contribution in [3.8, 4) is 0 Å². The smallest absolute Gasteiger partial charge is 0.253 e. The fourth-order valence-corrected chi connectivity index (χ4v) is 2.92. The lowest BCUT2D eigenvalue weighted by atomic mass is 10.1. The molecule has 0 spiro atoms. The normalized spacial score (nSPS) is 36.4. The molecule has 0 bridgehead atoms. The average molecular weight is 270 g/mol. The third-order valence-electron chi connectivity index (χ3n) is 3.99. The summed E-state index contributed by atoms with van der Waals surface area (Å²) in [6, 6.07) is 0. The van der Waals surface area contributed by atoms with E-state index in [-0.39, 0.29) is 24.2 Å². The van der Waals surface area contributed by atoms with Gasteiger partial charge in [-0.1, -0.05) is 0 Å². The molecule has 0 saturated carbocycles. The summed E-state index contributed by atoms with van der Waals surface area (Å²) in [6.45, 7) is 4.73. The molecular weight excluding hydrogens is 248 g/mol. The van der Waals surface area contributed by atoms with Crippen molar-refractivity contribution in [2.24, 2.45) is 0 Å². The van der Waals surface area contributed by atoms with Gasteiger partial charge in [0.25, 0.3) is 5.91 Å². The van der Waals surface area contributed by atoms with Crippen LogP contribution >= 0.6 is 0 Å². The molecule has 0 aromatic heterocycles. The molecule has 19 heavy (non-hydrogen) atoms. The first kappa shape index (κ1) is 13.3. The Hall–Kier alpha value is -0.690. The first-order valence-electron chi connectivity index (χ1n) is 7.19. The number of carbonyl (C=O) groups is 1. The highest BCUT2D eigenvalue weighted by Crippen LogP contribution is 2.21. The highest BCUT2D eigenvalue weighted by molar-refractivity contribution is 5.81. The van der Waals surface area contributed by atoms with Crippen molar-refractivity contribution in [1.82, 2.24) is 10.2 Å². The van der Waals surface area contributed by atoms with E-state index in [1.807, 2.05) is 4.90 Å². The highest BCUT2D eigenvalue weighted by atomic mass is 16.5. The summed E-state index contributed by atoms with van der Waals surface area (Å²) in [5.74, 6) is 0.0819. The Morgan fingerprint density at radius 2 is 2.00 bits per heavy atom. The summed E-state index contributed by atoms with van der Waals surface area (Å²) in [5, 5.41) is 3.19. The Balaban J connectivity index is 1.56. The van der Waals surface area contributed by atoms with Gasteiger partial charge in [-0.2, -0.15) is 0 Å². The molecule has 0 unspecified atom stereocenters. The van der Waals surface area contributed by atoms with Gasteiger partial charge >= 0.3 is 0 Å². The Kier molecular flexibility index (Phi) is 4.32. The standard InChI is InChI=1S/C13H22N2O4/c16-13(11-8-14-3-6-18-11)15-4-7-19-12(9-15)10-2-1-5-17-10/h10-12,14H,1-9H2/t10-,11-,12+/m0/s1. The lowest BCUT2D eigenvalue weighted by Crippen LogP contribution is -2.55. The number of morpholine rings is 2. The largest absolute Gasteiger partial charge is 0.375 e. The Bertz CT molecular complexity index is 314. The number of hydrogen-bond acceptors (Lipinski definition) is 5. The van der Waals surface area contributed by atoms with Crippen molar-refractivity contribution < 1.29 is 19.0 Å². The number of nitrogens with zero attached hydrogens (tertiary/aromatic N) is 1. The molecule has 1 amide bonds. The van der Waals surface area contributed by atoms with Crippen molar-refractivity contribution in [2.45, 2.75) is 31.2 Å². The number of ether oxygens (including phenoxy) is 3. The van der Waals surface area contributed by atoms with Gasteiger partial charge in [0.2, 0.25) is 0 Å². The highest BCUT2D eigenvalue weighted by Gasteiger charge is 2.35. The average Bonchev–Trinajstić information content (AvgIpc) is 3.02. The van der Waals surface area contributed by atoms with Crippen LogP contribution in [0, 0.1) is 0 Å². The van der Waals surface area contributed by atoms with E-state index in [4.69, 9.17) is 14.2 Å². The minimum Gasteiger partial charge on any atom is -0.375 e. The van der Waals surface area contributed by atoms with Crippen LogP contribution in [0.5, 0.6) is 0 Å². The fourth-order valence-electron chi connectivity index (χ4n) is 2.92. The molecule has 0 radical (unpaired) electrons. The molecule has 3 aliphatic rings. The molecule has 1 N–H and O–H groups in total. The van der Waals surface area contributed by atoms with Crippen molar-refractivity contribution in [3.05, 3.63) is 0 Å². The van der Waals surface area contributed by atoms with Gasteiger partial charge in [-0.25, -0.2) is 0 Å². The molecule has 3 saturated heterocycles. The number of rotatable bonds is 2. The summed E-state index contributed by atoms with van der Waals surface area (Å²) in [7, 11) is 0. The fraction of sp³-hybridized carbons (Fsp3) is 0.923. The number of nitrogens with one attached hydrogen (secondary N) is 1. The van der Waals surface area contributed by atoms with E-state index in [0.717, 1.165) is 26.0 Å². The third-order valence-corrected chi connectivity index (χ3v) is 3.99. The lowest BCUT2D eigenvalue weighted by molar-refractivity contribution is -0.157. The van der Waals surface area contributed by atoms with Crippen molar-refractivity contribution in [3.63, 3.8) is 0 Å². The van der Waals surface area contributed by atoms with E-state index in [0.29, 0.717) is 32.8 Å². The van der Waals surface area contributed by atoms with Crippen LogP contribution < -0.4 is 5.32 Å². The number of hydrogen-bond donors (Lipinski definition) is 1. The van der Waals surface area contributed by atoms with Gasteiger partial charge in [0.15, 0.2) is 0 Å². The summed E-state index contributed by atoms with van der Waals surface area (Å²) in [6.07, 6.45) is 1.97. The topological polar surface area (TPSA) is 60.0 Å². The molecule has 0 aliphatic carbocycles. The van der Waals surface area contributed by atoms with E-state index < -0.39 is 0 Å². The Morgan fingerprint density at radius 3 is 2.74 bits per heavy atom. The van der Waals surface area contributed by atoms with Gasteiger partial charge in [0.1, 0.15) is 12.2 Å². The second-order valence-corrected chi connectivity index (χ2v) is 5.31. The van der Waals surface area contributed by atoms with Gasteiger partial charge in [-0.15, -0.1) is 0 Å². The Labute approximate surface area is 113 Å². The second kappa shape index (κ2) is 6.17. The van der Waals surface area contributed by atoms with Crippen molar-refractivity contribution >= 4 is 5.91 Å². The molecule has 3 heterocycles. The number of amides is 1. The van der Waals surface area contributed by atoms with E-state index >= 15 is 0 Å². The van der Waals surface area contributed by atoms with E-state index in [1.54, 1.807) is 0 Å². The van der Waals surface area contributed by atoms with Gasteiger partial charge in [0, 0.05) is 32.8 Å². The van der Waals surface area contributed by atoms with E-state index in [9.17, 15) is 4.79 Å². The van der Waals surface area contributed by atoms with Gasteiger partial charge in [0.05, 0.1) is 19.3 Å². The van der Waals surface area contributed by atoms with Crippen LogP contribution in [0.1, 0.15) is 12.8 Å². The molecule has 0 aromatic carbocycles. The maximum absolute atomic E-state index is 12.4. The second-order valence-electron chi connectivity index (χ2n) is 5.31. The first-order valence-corrected chi connectivity index (χ1v) is 7.19. The molecular formula is C13H22N2O4. The van der Waals surface area contributed by atoms with E-state index in [1.165, 1.54) is 0 Å². The molecule has 108 valence electrons. The van der Waals surface area contributed by atoms with Crippen LogP contribution in [0.25, 0.3) is 0 Å². The van der Waals surface area contributed by atoms with Crippen LogP contribution in [-0.2, 0) is 19.0 Å². The zero-order valence-corrected chi connectivity index (χ0v) is 11.2. The minimum atomic E-state index is -0.336. The van der Waals surface area contributed by atoms with Gasteiger partial charge in [-0.3, -0.25) is 4.79 Å². The molecule has 6 heteroatoms. The monoisotopic (exact) mass is 270 g/mol. The predicted molar refractivity (Wildman–Crippen MR) is 67.9 cm³/mol. The van der Waals surface area contributed by atoms with Crippen LogP contribution in [0.3, 0.4) is 0 Å². The zero-order valence-electron chi connectivity index (χ0n) is 11.2. The first-order chi connectivity index (χ1) is 9.34. The molecule has 3 rings (SSSR count). The lowest BCUT2D eigenvalue weighted by Gasteiger charge is -2.37. The van der Waals surface area contributed by atoms with E-state index in [2.05, 4.69) is 5.32 Å². The summed E-state index contributed by atoms with van der Waals surface area (Å²) in [5.41, 5.74) is 0. The van der Waals surface area contributed by atoms with Crippen LogP contribution in [0.2, 0.25) is 0 Å². The molecule has 3 aliphatic heterocycles. The summed E-state index contributed by atoms with van der Waals surface area (Å²) < 4.78 is 16.9. The van der Waals surface area contributed by atoms with Crippen molar-refractivity contribution in [2.75, 3.05) is 46.0 Å². The van der Waals surface area contributed by atoms with Gasteiger partial charge in [-0.05, 0) is 12.8 Å². The van der Waals surface area contributed by atoms with Crippen LogP contribution in [0.4, 0.5) is 0 Å². The Morgan fingerprint density at radius 1 is 1.11 bits per heavy atom. The maximum Gasteiger partial charge on any atom is 0.253 e. The summed E-state index contributed by atoms with van der Waals surface area (Å²) in [4.78, 5) is 14.2. The van der Waals surface area contributed by atoms with Gasteiger partial charge < -0.3 is 24.4 Å². The van der Waals surface area contributed by atoms with Crippen LogP contribution in [-0.4, -0.2) is 75.1 Å².